The van der Waals surface area contributed by atoms with Crippen molar-refractivity contribution in [1.82, 2.24) is 5.01 Å². The maximum atomic E-state index is 11.5. The molecular weight excluding hydrogens is 258 g/mol. The number of ether oxygens (including phenoxy) is 2. The maximum Gasteiger partial charge on any atom is 0.341 e. The quantitative estimate of drug-likeness (QED) is 0.387. The zero-order valence-corrected chi connectivity index (χ0v) is 11.1. The van der Waals surface area contributed by atoms with Crippen LogP contribution in [-0.2, 0) is 4.74 Å². The van der Waals surface area contributed by atoms with Crippen LogP contribution in [0.25, 0.3) is 0 Å². The van der Waals surface area contributed by atoms with E-state index in [2.05, 4.69) is 9.96 Å². The van der Waals surface area contributed by atoms with Gasteiger partial charge in [0.05, 0.1) is 7.11 Å². The van der Waals surface area contributed by atoms with E-state index in [1.54, 1.807) is 20.0 Å². The molecule has 1 atom stereocenters. The van der Waals surface area contributed by atoms with Gasteiger partial charge < -0.3 is 9.47 Å². The molecule has 0 saturated heterocycles. The first-order chi connectivity index (χ1) is 8.49. The van der Waals surface area contributed by atoms with Crippen LogP contribution in [0.2, 0.25) is 5.02 Å². The van der Waals surface area contributed by atoms with Gasteiger partial charge in [0.15, 0.2) is 6.23 Å². The molecule has 7 heteroatoms. The summed E-state index contributed by atoms with van der Waals surface area (Å²) in [5, 5.41) is 4.94. The van der Waals surface area contributed by atoms with Gasteiger partial charge in [-0.05, 0) is 25.1 Å². The minimum atomic E-state index is -0.515. The van der Waals surface area contributed by atoms with Gasteiger partial charge in [-0.25, -0.2) is 9.80 Å². The summed E-state index contributed by atoms with van der Waals surface area (Å²) in [6, 6.07) is 4.61. The zero-order chi connectivity index (χ0) is 13.7. The van der Waals surface area contributed by atoms with Crippen molar-refractivity contribution in [3.8, 4) is 5.75 Å². The summed E-state index contributed by atoms with van der Waals surface area (Å²) in [6.45, 7) is 1.69. The minimum absolute atomic E-state index is 0.270. The average molecular weight is 272 g/mol. The van der Waals surface area contributed by atoms with Crippen molar-refractivity contribution in [1.29, 1.82) is 5.53 Å². The molecular formula is C11H14ClN3O3. The molecule has 0 amide bonds. The van der Waals surface area contributed by atoms with Crippen molar-refractivity contribution in [2.24, 2.45) is 5.22 Å². The first kappa shape index (κ1) is 14.2. The molecule has 0 radical (unpaired) electrons. The first-order valence-electron chi connectivity index (χ1n) is 5.14. The van der Waals surface area contributed by atoms with Gasteiger partial charge in [0.2, 0.25) is 0 Å². The Morgan fingerprint density at radius 3 is 2.78 bits per heavy atom. The van der Waals surface area contributed by atoms with Gasteiger partial charge in [-0.15, -0.1) is 0 Å². The molecule has 0 bridgehead atoms. The second-order valence-corrected chi connectivity index (χ2v) is 3.96. The molecule has 0 saturated carbocycles. The smallest absolute Gasteiger partial charge is 0.341 e. The summed E-state index contributed by atoms with van der Waals surface area (Å²) in [5.74, 6) is -0.225. The number of carbonyl (C=O) groups is 1. The van der Waals surface area contributed by atoms with E-state index in [9.17, 15) is 4.79 Å². The van der Waals surface area contributed by atoms with Crippen LogP contribution >= 0.6 is 11.6 Å². The third kappa shape index (κ3) is 3.33. The molecule has 1 aromatic carbocycles. The van der Waals surface area contributed by atoms with E-state index in [1.165, 1.54) is 24.3 Å². The first-order valence-corrected chi connectivity index (χ1v) is 5.52. The summed E-state index contributed by atoms with van der Waals surface area (Å²) < 4.78 is 10.2. The van der Waals surface area contributed by atoms with Crippen LogP contribution in [0.15, 0.2) is 23.4 Å². The van der Waals surface area contributed by atoms with E-state index in [0.29, 0.717) is 5.02 Å². The van der Waals surface area contributed by atoms with Crippen molar-refractivity contribution in [2.45, 2.75) is 13.2 Å². The van der Waals surface area contributed by atoms with Crippen molar-refractivity contribution in [3.05, 3.63) is 28.8 Å². The third-order valence-corrected chi connectivity index (χ3v) is 2.57. The van der Waals surface area contributed by atoms with E-state index in [1.807, 2.05) is 0 Å². The summed E-state index contributed by atoms with van der Waals surface area (Å²) in [5.41, 5.74) is 7.15. The molecule has 0 aliphatic carbocycles. The van der Waals surface area contributed by atoms with Gasteiger partial charge in [0, 0.05) is 12.1 Å². The van der Waals surface area contributed by atoms with Crippen LogP contribution in [0.4, 0.5) is 0 Å². The van der Waals surface area contributed by atoms with Crippen molar-refractivity contribution < 1.29 is 14.3 Å². The second kappa shape index (κ2) is 6.20. The third-order valence-electron chi connectivity index (χ3n) is 2.33. The van der Waals surface area contributed by atoms with Crippen LogP contribution < -0.4 is 4.74 Å². The predicted octanol–water partition coefficient (Wildman–Crippen LogP) is 2.73. The maximum absolute atomic E-state index is 11.5. The highest BCUT2D eigenvalue weighted by Gasteiger charge is 2.17. The van der Waals surface area contributed by atoms with Gasteiger partial charge in [-0.1, -0.05) is 16.8 Å². The standard InChI is InChI=1S/C11H14ClN3O3/c1-7(15(2)14-13)18-10-6-8(12)4-5-9(10)11(16)17-3/h4-7,13H,1-3H3. The van der Waals surface area contributed by atoms with E-state index in [0.717, 1.165) is 0 Å². The van der Waals surface area contributed by atoms with Gasteiger partial charge in [0.1, 0.15) is 11.3 Å². The van der Waals surface area contributed by atoms with Gasteiger partial charge in [-0.2, -0.15) is 5.53 Å². The number of halogens is 1. The minimum Gasteiger partial charge on any atom is -0.468 e. The normalized spacial score (nSPS) is 11.6. The Kier molecular flexibility index (Phi) is 4.91. The van der Waals surface area contributed by atoms with Crippen LogP contribution in [0.5, 0.6) is 5.75 Å². The van der Waals surface area contributed by atoms with Crippen molar-refractivity contribution in [3.63, 3.8) is 0 Å². The Hall–Kier alpha value is -1.82. The summed E-state index contributed by atoms with van der Waals surface area (Å²) in [4.78, 5) is 11.5. The highest BCUT2D eigenvalue weighted by Crippen LogP contribution is 2.25. The molecule has 98 valence electrons. The molecule has 1 aromatic rings. The molecule has 1 N–H and O–H groups in total. The van der Waals surface area contributed by atoms with Crippen LogP contribution in [0, 0.1) is 5.53 Å². The number of benzene rings is 1. The van der Waals surface area contributed by atoms with Gasteiger partial charge in [-0.3, -0.25) is 0 Å². The van der Waals surface area contributed by atoms with E-state index in [-0.39, 0.29) is 11.3 Å². The van der Waals surface area contributed by atoms with Crippen molar-refractivity contribution >= 4 is 17.6 Å². The highest BCUT2D eigenvalue weighted by atomic mass is 35.5. The summed E-state index contributed by atoms with van der Waals surface area (Å²) in [6.07, 6.45) is -0.510. The van der Waals surface area contributed by atoms with Crippen LogP contribution in [0.1, 0.15) is 17.3 Å². The molecule has 0 fully saturated rings. The molecule has 0 aromatic heterocycles. The number of hydrogen-bond donors (Lipinski definition) is 1. The Labute approximate surface area is 110 Å². The summed E-state index contributed by atoms with van der Waals surface area (Å²) in [7, 11) is 2.87. The van der Waals surface area contributed by atoms with E-state index >= 15 is 0 Å². The molecule has 1 rings (SSSR count). The molecule has 18 heavy (non-hydrogen) atoms. The Morgan fingerprint density at radius 2 is 2.22 bits per heavy atom. The number of esters is 1. The number of methoxy groups -OCH3 is 1. The fourth-order valence-electron chi connectivity index (χ4n) is 1.21. The van der Waals surface area contributed by atoms with Crippen LogP contribution in [-0.4, -0.2) is 31.4 Å². The Morgan fingerprint density at radius 1 is 1.56 bits per heavy atom. The average Bonchev–Trinajstić information content (AvgIpc) is 2.37. The summed E-state index contributed by atoms with van der Waals surface area (Å²) >= 11 is 5.86. The Balaban J connectivity index is 3.02. The topological polar surface area (TPSA) is 75.0 Å². The zero-order valence-electron chi connectivity index (χ0n) is 10.3. The number of nitrogens with zero attached hydrogens (tertiary/aromatic N) is 2. The van der Waals surface area contributed by atoms with Gasteiger partial charge >= 0.3 is 5.97 Å². The lowest BCUT2D eigenvalue weighted by Crippen LogP contribution is -2.29. The lowest BCUT2D eigenvalue weighted by molar-refractivity contribution is 0.0476. The molecule has 0 aliphatic rings. The highest BCUT2D eigenvalue weighted by molar-refractivity contribution is 6.30. The molecule has 0 heterocycles. The fourth-order valence-corrected chi connectivity index (χ4v) is 1.38. The number of hydrogen-bond acceptors (Lipinski definition) is 5. The number of rotatable bonds is 5. The van der Waals surface area contributed by atoms with Crippen molar-refractivity contribution in [2.75, 3.05) is 14.2 Å². The molecule has 1 unspecified atom stereocenters. The molecule has 0 spiro atoms. The molecule has 0 aliphatic heterocycles. The SMILES string of the molecule is COC(=O)c1ccc(Cl)cc1OC(C)N(C)N=N. The number of nitrogens with one attached hydrogen (secondary N) is 1. The second-order valence-electron chi connectivity index (χ2n) is 3.52. The lowest BCUT2D eigenvalue weighted by Gasteiger charge is -2.22. The van der Waals surface area contributed by atoms with Crippen LogP contribution in [0.3, 0.4) is 0 Å². The lowest BCUT2D eigenvalue weighted by atomic mass is 10.2. The van der Waals surface area contributed by atoms with Gasteiger partial charge in [0.25, 0.3) is 0 Å². The molecule has 6 nitrogen and oxygen atoms in total. The predicted molar refractivity (Wildman–Crippen MR) is 65.8 cm³/mol. The fraction of sp³-hybridized carbons (Fsp3) is 0.364. The van der Waals surface area contributed by atoms with E-state index in [4.69, 9.17) is 21.9 Å². The Bertz CT molecular complexity index is 453. The van der Waals surface area contributed by atoms with E-state index < -0.39 is 12.2 Å². The largest absolute Gasteiger partial charge is 0.468 e. The number of carbonyl (C=O) groups excluding carboxylic acids is 1. The monoisotopic (exact) mass is 271 g/mol.